The van der Waals surface area contributed by atoms with Crippen LogP contribution in [0.4, 0.5) is 5.69 Å². The highest BCUT2D eigenvalue weighted by Crippen LogP contribution is 2.38. The minimum Gasteiger partial charge on any atom is -0.325 e. The van der Waals surface area contributed by atoms with Crippen LogP contribution in [0, 0.1) is 11.8 Å². The molecule has 1 aliphatic heterocycles. The molecule has 1 aromatic carbocycles. The Hall–Kier alpha value is -1.56. The first-order valence-electron chi connectivity index (χ1n) is 7.81. The van der Waals surface area contributed by atoms with Crippen molar-refractivity contribution in [2.24, 2.45) is 11.8 Å². The quantitative estimate of drug-likeness (QED) is 0.780. The molecule has 1 saturated heterocycles. The first kappa shape index (κ1) is 18.2. The van der Waals surface area contributed by atoms with Gasteiger partial charge in [-0.2, -0.15) is 0 Å². The predicted molar refractivity (Wildman–Crippen MR) is 96.6 cm³/mol. The van der Waals surface area contributed by atoms with Gasteiger partial charge >= 0.3 is 0 Å². The lowest BCUT2D eigenvalue weighted by molar-refractivity contribution is -0.140. The molecule has 0 saturated carbocycles. The van der Waals surface area contributed by atoms with Crippen molar-refractivity contribution < 1.29 is 14.4 Å². The van der Waals surface area contributed by atoms with Crippen LogP contribution in [-0.2, 0) is 14.4 Å². The second-order valence-corrected chi connectivity index (χ2v) is 7.38. The molecule has 5 nitrogen and oxygen atoms in total. The van der Waals surface area contributed by atoms with Crippen molar-refractivity contribution in [3.8, 4) is 0 Å². The Balaban J connectivity index is 1.60. The summed E-state index contributed by atoms with van der Waals surface area (Å²) in [6.45, 7) is 0.0340. The SMILES string of the molecule is O=C(CCN1C(=O)[C@H]2CC(Cl)=CC[C@H]2C1=O)Nc1cc(Cl)ccc1Cl. The predicted octanol–water partition coefficient (Wildman–Crippen LogP) is 3.84. The Morgan fingerprint density at radius 1 is 1.16 bits per heavy atom. The number of allylic oxidation sites excluding steroid dienone is 2. The van der Waals surface area contributed by atoms with Crippen LogP contribution in [0.25, 0.3) is 0 Å². The summed E-state index contributed by atoms with van der Waals surface area (Å²) < 4.78 is 0. The number of halogens is 3. The topological polar surface area (TPSA) is 66.5 Å². The number of nitrogens with one attached hydrogen (secondary N) is 1. The van der Waals surface area contributed by atoms with Gasteiger partial charge in [0.1, 0.15) is 0 Å². The molecule has 0 radical (unpaired) electrons. The number of benzene rings is 1. The summed E-state index contributed by atoms with van der Waals surface area (Å²) in [5, 5.41) is 4.05. The highest BCUT2D eigenvalue weighted by Gasteiger charge is 2.48. The number of fused-ring (bicyclic) bond motifs is 1. The molecule has 2 atom stereocenters. The molecule has 0 spiro atoms. The Morgan fingerprint density at radius 3 is 2.64 bits per heavy atom. The lowest BCUT2D eigenvalue weighted by Gasteiger charge is -2.17. The molecule has 132 valence electrons. The minimum atomic E-state index is -0.407. The number of likely N-dealkylation sites (tertiary alicyclic amines) is 1. The summed E-state index contributed by atoms with van der Waals surface area (Å²) in [7, 11) is 0. The van der Waals surface area contributed by atoms with E-state index in [1.54, 1.807) is 18.2 Å². The third-order valence-electron chi connectivity index (χ3n) is 4.43. The number of hydrogen-bond acceptors (Lipinski definition) is 3. The number of carbonyl (C=O) groups excluding carboxylic acids is 3. The van der Waals surface area contributed by atoms with E-state index in [1.807, 2.05) is 0 Å². The van der Waals surface area contributed by atoms with E-state index in [0.717, 1.165) is 4.90 Å². The van der Waals surface area contributed by atoms with Gasteiger partial charge in [0, 0.05) is 23.0 Å². The van der Waals surface area contributed by atoms with E-state index in [2.05, 4.69) is 5.32 Å². The Kier molecular flexibility index (Phi) is 5.37. The minimum absolute atomic E-state index is 0.0130. The molecule has 0 aromatic heterocycles. The first-order chi connectivity index (χ1) is 11.9. The molecular formula is C17H15Cl3N2O3. The molecule has 0 bridgehead atoms. The first-order valence-corrected chi connectivity index (χ1v) is 8.95. The maximum Gasteiger partial charge on any atom is 0.233 e. The maximum atomic E-state index is 12.4. The van der Waals surface area contributed by atoms with Crippen LogP contribution < -0.4 is 5.32 Å². The van der Waals surface area contributed by atoms with Crippen LogP contribution >= 0.6 is 34.8 Å². The molecule has 1 aromatic rings. The second kappa shape index (κ2) is 7.36. The molecule has 8 heteroatoms. The maximum absolute atomic E-state index is 12.4. The molecule has 3 rings (SSSR count). The van der Waals surface area contributed by atoms with Gasteiger partial charge in [0.05, 0.1) is 22.5 Å². The Labute approximate surface area is 159 Å². The number of imide groups is 1. The van der Waals surface area contributed by atoms with Gasteiger partial charge in [-0.05, 0) is 31.0 Å². The number of hydrogen-bond donors (Lipinski definition) is 1. The lowest BCUT2D eigenvalue weighted by atomic mass is 9.85. The molecule has 25 heavy (non-hydrogen) atoms. The van der Waals surface area contributed by atoms with Gasteiger partial charge < -0.3 is 5.32 Å². The van der Waals surface area contributed by atoms with Crippen molar-refractivity contribution >= 4 is 58.2 Å². The van der Waals surface area contributed by atoms with Crippen molar-refractivity contribution in [1.82, 2.24) is 4.90 Å². The van der Waals surface area contributed by atoms with Gasteiger partial charge in [0.2, 0.25) is 17.7 Å². The molecule has 1 fully saturated rings. The third kappa shape index (κ3) is 3.84. The lowest BCUT2D eigenvalue weighted by Crippen LogP contribution is -2.34. The monoisotopic (exact) mass is 400 g/mol. The highest BCUT2D eigenvalue weighted by atomic mass is 35.5. The van der Waals surface area contributed by atoms with Crippen molar-refractivity contribution in [2.45, 2.75) is 19.3 Å². The zero-order valence-electron chi connectivity index (χ0n) is 13.1. The van der Waals surface area contributed by atoms with Crippen LogP contribution in [0.5, 0.6) is 0 Å². The van der Waals surface area contributed by atoms with Gasteiger partial charge in [-0.1, -0.05) is 40.9 Å². The van der Waals surface area contributed by atoms with Crippen molar-refractivity contribution in [1.29, 1.82) is 0 Å². The van der Waals surface area contributed by atoms with Crippen LogP contribution in [0.3, 0.4) is 0 Å². The van der Waals surface area contributed by atoms with Gasteiger partial charge in [-0.15, -0.1) is 0 Å². The number of carbonyl (C=O) groups is 3. The van der Waals surface area contributed by atoms with E-state index >= 15 is 0 Å². The number of anilines is 1. The van der Waals surface area contributed by atoms with Crippen molar-refractivity contribution in [2.75, 3.05) is 11.9 Å². The average Bonchev–Trinajstić information content (AvgIpc) is 2.80. The number of rotatable bonds is 4. The highest BCUT2D eigenvalue weighted by molar-refractivity contribution is 6.35. The fraction of sp³-hybridized carbons (Fsp3) is 0.353. The molecule has 1 N–H and O–H groups in total. The zero-order valence-corrected chi connectivity index (χ0v) is 15.4. The largest absolute Gasteiger partial charge is 0.325 e. The summed E-state index contributed by atoms with van der Waals surface area (Å²) >= 11 is 17.9. The van der Waals surface area contributed by atoms with E-state index in [9.17, 15) is 14.4 Å². The normalized spacial score (nSPS) is 22.7. The van der Waals surface area contributed by atoms with E-state index in [-0.39, 0.29) is 36.6 Å². The number of amides is 3. The number of nitrogens with zero attached hydrogens (tertiary/aromatic N) is 1. The van der Waals surface area contributed by atoms with Gasteiger partial charge in [-0.3, -0.25) is 19.3 Å². The molecule has 2 aliphatic rings. The smallest absolute Gasteiger partial charge is 0.233 e. The summed E-state index contributed by atoms with van der Waals surface area (Å²) in [5.74, 6) is -1.61. The molecule has 0 unspecified atom stereocenters. The summed E-state index contributed by atoms with van der Waals surface area (Å²) in [6.07, 6.45) is 2.62. The van der Waals surface area contributed by atoms with E-state index in [1.165, 1.54) is 6.07 Å². The van der Waals surface area contributed by atoms with Crippen LogP contribution in [0.1, 0.15) is 19.3 Å². The third-order valence-corrected chi connectivity index (χ3v) is 5.30. The molecule has 1 aliphatic carbocycles. The molecule has 1 heterocycles. The summed E-state index contributed by atoms with van der Waals surface area (Å²) in [6, 6.07) is 4.73. The van der Waals surface area contributed by atoms with Crippen LogP contribution in [-0.4, -0.2) is 29.2 Å². The summed E-state index contributed by atoms with van der Waals surface area (Å²) in [4.78, 5) is 38.1. The molecule has 3 amide bonds. The van der Waals surface area contributed by atoms with Crippen LogP contribution in [0.15, 0.2) is 29.3 Å². The van der Waals surface area contributed by atoms with E-state index in [4.69, 9.17) is 34.8 Å². The Bertz CT molecular complexity index is 778. The van der Waals surface area contributed by atoms with Crippen molar-refractivity contribution in [3.63, 3.8) is 0 Å². The fourth-order valence-corrected chi connectivity index (χ4v) is 3.73. The van der Waals surface area contributed by atoms with E-state index in [0.29, 0.717) is 33.6 Å². The summed E-state index contributed by atoms with van der Waals surface area (Å²) in [5.41, 5.74) is 0.392. The van der Waals surface area contributed by atoms with Crippen molar-refractivity contribution in [3.05, 3.63) is 39.4 Å². The van der Waals surface area contributed by atoms with E-state index < -0.39 is 5.92 Å². The zero-order chi connectivity index (χ0) is 18.1. The van der Waals surface area contributed by atoms with Crippen LogP contribution in [0.2, 0.25) is 10.0 Å². The standard InChI is InChI=1S/C17H15Cl3N2O3/c18-9-1-3-11-12(7-9)17(25)22(16(11)24)6-5-15(23)21-14-8-10(19)2-4-13(14)20/h1-2,4,8,11-12H,3,5-7H2,(H,21,23)/t11-,12+/m1/s1. The van der Waals surface area contributed by atoms with Gasteiger partial charge in [0.25, 0.3) is 0 Å². The van der Waals surface area contributed by atoms with Gasteiger partial charge in [-0.25, -0.2) is 0 Å². The Morgan fingerprint density at radius 2 is 1.88 bits per heavy atom. The van der Waals surface area contributed by atoms with Gasteiger partial charge in [0.15, 0.2) is 0 Å². The second-order valence-electron chi connectivity index (χ2n) is 6.05. The molecular weight excluding hydrogens is 387 g/mol. The fourth-order valence-electron chi connectivity index (χ4n) is 3.14. The average molecular weight is 402 g/mol.